The number of carbonyl (C=O) groups is 1. The molecule has 1 fully saturated rings. The Labute approximate surface area is 195 Å². The molecule has 5 rings (SSSR count). The lowest BCUT2D eigenvalue weighted by Gasteiger charge is -2.25. The van der Waals surface area contributed by atoms with Crippen LogP contribution in [0.3, 0.4) is 0 Å². The molecule has 1 amide bonds. The van der Waals surface area contributed by atoms with E-state index in [4.69, 9.17) is 0 Å². The average Bonchev–Trinajstić information content (AvgIpc) is 3.42. The summed E-state index contributed by atoms with van der Waals surface area (Å²) in [5.41, 5.74) is 2.15. The molecular weight excluding hydrogens is 460 g/mol. The van der Waals surface area contributed by atoms with E-state index < -0.39 is 10.0 Å². The van der Waals surface area contributed by atoms with Crippen LogP contribution in [0.1, 0.15) is 32.1 Å². The van der Waals surface area contributed by atoms with Gasteiger partial charge in [-0.05, 0) is 49.6 Å². The van der Waals surface area contributed by atoms with E-state index in [1.807, 2.05) is 24.3 Å². The number of fused-ring (bicyclic) bond motifs is 2. The largest absolute Gasteiger partial charge is 0.302 e. The van der Waals surface area contributed by atoms with Gasteiger partial charge in [-0.2, -0.15) is 4.31 Å². The second-order valence-electron chi connectivity index (χ2n) is 8.07. The van der Waals surface area contributed by atoms with Crippen molar-refractivity contribution in [1.82, 2.24) is 24.3 Å². The smallest absolute Gasteiger partial charge is 0.243 e. The summed E-state index contributed by atoms with van der Waals surface area (Å²) in [6.45, 7) is 1.63. The summed E-state index contributed by atoms with van der Waals surface area (Å²) in [4.78, 5) is 17.0. The highest BCUT2D eigenvalue weighted by atomic mass is 32.2. The number of aryl methyl sites for hydroxylation is 1. The number of amides is 1. The molecule has 1 aliphatic rings. The first-order valence-corrected chi connectivity index (χ1v) is 13.3. The molecule has 0 unspecified atom stereocenters. The van der Waals surface area contributed by atoms with Crippen LogP contribution in [0.25, 0.3) is 21.3 Å². The number of sulfonamides is 1. The minimum atomic E-state index is -3.51. The number of benzene rings is 2. The first-order valence-electron chi connectivity index (χ1n) is 11.0. The van der Waals surface area contributed by atoms with Gasteiger partial charge in [0.1, 0.15) is 5.52 Å². The quantitative estimate of drug-likeness (QED) is 0.429. The van der Waals surface area contributed by atoms with Gasteiger partial charge < -0.3 is 5.32 Å². The fourth-order valence-electron chi connectivity index (χ4n) is 4.03. The van der Waals surface area contributed by atoms with Gasteiger partial charge in [0.25, 0.3) is 0 Å². The Morgan fingerprint density at radius 2 is 1.88 bits per heavy atom. The Balaban J connectivity index is 1.21. The maximum atomic E-state index is 12.9. The number of hydrogen-bond acceptors (Lipinski definition) is 7. The Hall–Kier alpha value is -2.89. The molecule has 3 heterocycles. The highest BCUT2D eigenvalue weighted by molar-refractivity contribution is 7.89. The highest BCUT2D eigenvalue weighted by Gasteiger charge is 2.26. The van der Waals surface area contributed by atoms with Crippen LogP contribution < -0.4 is 5.32 Å². The first-order chi connectivity index (χ1) is 16.0. The molecule has 11 heteroatoms. The fourth-order valence-corrected chi connectivity index (χ4v) is 6.45. The molecule has 4 aromatic rings. The summed E-state index contributed by atoms with van der Waals surface area (Å²) in [6, 6.07) is 12.7. The third-order valence-electron chi connectivity index (χ3n) is 5.75. The van der Waals surface area contributed by atoms with Crippen molar-refractivity contribution < 1.29 is 13.2 Å². The van der Waals surface area contributed by atoms with Gasteiger partial charge >= 0.3 is 0 Å². The molecule has 172 valence electrons. The molecular formula is C22H24N6O3S2. The van der Waals surface area contributed by atoms with Crippen LogP contribution in [-0.4, -0.2) is 51.7 Å². The topological polar surface area (TPSA) is 110 Å². The zero-order chi connectivity index (χ0) is 22.8. The summed E-state index contributed by atoms with van der Waals surface area (Å²) in [5.74, 6) is -0.103. The number of piperidine rings is 1. The molecule has 2 aromatic carbocycles. The third-order valence-corrected chi connectivity index (χ3v) is 8.60. The Kier molecular flexibility index (Phi) is 6.09. The van der Waals surface area contributed by atoms with Crippen LogP contribution in [0, 0.1) is 0 Å². The number of rotatable bonds is 7. The van der Waals surface area contributed by atoms with Gasteiger partial charge in [-0.3, -0.25) is 4.79 Å². The van der Waals surface area contributed by atoms with Gasteiger partial charge in [0.05, 0.1) is 20.6 Å². The standard InChI is InChI=1S/C22H24N6O3S2/c29-21(24-22-23-17-7-2-3-8-20(17)32-22)9-6-14-28-19-11-10-16(15-18(19)25-26-28)33(30,31)27-12-4-1-5-13-27/h2-3,7-8,10-11,15H,1,4-6,9,12-14H2,(H,23,24,29). The Morgan fingerprint density at radius 3 is 2.70 bits per heavy atom. The van der Waals surface area contributed by atoms with E-state index in [-0.39, 0.29) is 10.8 Å². The molecule has 1 N–H and O–H groups in total. The summed E-state index contributed by atoms with van der Waals surface area (Å²) in [5, 5.41) is 11.8. The van der Waals surface area contributed by atoms with Crippen molar-refractivity contribution in [3.8, 4) is 0 Å². The van der Waals surface area contributed by atoms with E-state index >= 15 is 0 Å². The third kappa shape index (κ3) is 4.61. The zero-order valence-electron chi connectivity index (χ0n) is 18.0. The van der Waals surface area contributed by atoms with Crippen LogP contribution in [0.4, 0.5) is 5.13 Å². The zero-order valence-corrected chi connectivity index (χ0v) is 19.6. The molecule has 33 heavy (non-hydrogen) atoms. The minimum Gasteiger partial charge on any atom is -0.302 e. The van der Waals surface area contributed by atoms with E-state index in [0.717, 1.165) is 35.0 Å². The van der Waals surface area contributed by atoms with E-state index in [1.54, 1.807) is 27.2 Å². The molecule has 2 aromatic heterocycles. The number of aromatic nitrogens is 4. The lowest BCUT2D eigenvalue weighted by molar-refractivity contribution is -0.116. The van der Waals surface area contributed by atoms with Crippen molar-refractivity contribution in [3.05, 3.63) is 42.5 Å². The van der Waals surface area contributed by atoms with Gasteiger partial charge in [-0.1, -0.05) is 35.1 Å². The van der Waals surface area contributed by atoms with Crippen molar-refractivity contribution in [3.63, 3.8) is 0 Å². The summed E-state index contributed by atoms with van der Waals surface area (Å²) < 4.78 is 30.1. The van der Waals surface area contributed by atoms with Crippen LogP contribution in [0.5, 0.6) is 0 Å². The predicted octanol–water partition coefficient (Wildman–Crippen LogP) is 3.63. The van der Waals surface area contributed by atoms with E-state index in [0.29, 0.717) is 43.1 Å². The number of anilines is 1. The Bertz CT molecular complexity index is 1370. The Morgan fingerprint density at radius 1 is 1.06 bits per heavy atom. The van der Waals surface area contributed by atoms with Crippen molar-refractivity contribution in [2.24, 2.45) is 0 Å². The van der Waals surface area contributed by atoms with Crippen LogP contribution >= 0.6 is 11.3 Å². The van der Waals surface area contributed by atoms with E-state index in [1.165, 1.54) is 11.3 Å². The van der Waals surface area contributed by atoms with E-state index in [9.17, 15) is 13.2 Å². The highest BCUT2D eigenvalue weighted by Crippen LogP contribution is 2.26. The fraction of sp³-hybridized carbons (Fsp3) is 0.364. The van der Waals surface area contributed by atoms with Gasteiger partial charge in [0.15, 0.2) is 5.13 Å². The molecule has 0 spiro atoms. The van der Waals surface area contributed by atoms with Gasteiger partial charge in [0.2, 0.25) is 15.9 Å². The summed E-state index contributed by atoms with van der Waals surface area (Å²) in [6.07, 6.45) is 3.74. The first kappa shape index (κ1) is 21.9. The lowest BCUT2D eigenvalue weighted by Crippen LogP contribution is -2.35. The van der Waals surface area contributed by atoms with Gasteiger partial charge in [-0.15, -0.1) is 5.10 Å². The van der Waals surface area contributed by atoms with Crippen molar-refractivity contribution in [2.75, 3.05) is 18.4 Å². The van der Waals surface area contributed by atoms with Gasteiger partial charge in [0, 0.05) is 26.1 Å². The molecule has 0 bridgehead atoms. The summed E-state index contributed by atoms with van der Waals surface area (Å²) in [7, 11) is -3.51. The van der Waals surface area contributed by atoms with Gasteiger partial charge in [-0.25, -0.2) is 18.1 Å². The molecule has 0 aliphatic carbocycles. The van der Waals surface area contributed by atoms with Crippen molar-refractivity contribution in [2.45, 2.75) is 43.5 Å². The second kappa shape index (κ2) is 9.16. The number of carbonyl (C=O) groups excluding carboxylic acids is 1. The van der Waals surface area contributed by atoms with Crippen LogP contribution in [0.15, 0.2) is 47.4 Å². The number of nitrogens with zero attached hydrogens (tertiary/aromatic N) is 5. The predicted molar refractivity (Wildman–Crippen MR) is 128 cm³/mol. The van der Waals surface area contributed by atoms with Crippen LogP contribution in [0.2, 0.25) is 0 Å². The number of nitrogens with one attached hydrogen (secondary N) is 1. The maximum absolute atomic E-state index is 12.9. The normalized spacial score (nSPS) is 15.3. The molecule has 0 atom stereocenters. The molecule has 0 radical (unpaired) electrons. The SMILES string of the molecule is O=C(CCCn1nnc2cc(S(=O)(=O)N3CCCCC3)ccc21)Nc1nc2ccccc2s1. The van der Waals surface area contributed by atoms with Crippen molar-refractivity contribution in [1.29, 1.82) is 0 Å². The van der Waals surface area contributed by atoms with E-state index in [2.05, 4.69) is 20.6 Å². The van der Waals surface area contributed by atoms with Crippen molar-refractivity contribution >= 4 is 53.6 Å². The number of para-hydroxylation sites is 1. The molecule has 0 saturated carbocycles. The maximum Gasteiger partial charge on any atom is 0.243 e. The lowest BCUT2D eigenvalue weighted by atomic mass is 10.2. The summed E-state index contributed by atoms with van der Waals surface area (Å²) >= 11 is 1.45. The second-order valence-corrected chi connectivity index (χ2v) is 11.0. The molecule has 1 aliphatic heterocycles. The number of thiazole rings is 1. The minimum absolute atomic E-state index is 0.103. The molecule has 1 saturated heterocycles. The van der Waals surface area contributed by atoms with Crippen LogP contribution in [-0.2, 0) is 21.4 Å². The number of hydrogen-bond donors (Lipinski definition) is 1. The molecule has 9 nitrogen and oxygen atoms in total. The average molecular weight is 485 g/mol. The monoisotopic (exact) mass is 484 g/mol.